The zero-order valence-corrected chi connectivity index (χ0v) is 25.7. The van der Waals surface area contributed by atoms with E-state index in [-0.39, 0.29) is 0 Å². The molecule has 0 aliphatic rings. The number of rotatable bonds is 9. The van der Waals surface area contributed by atoms with Gasteiger partial charge >= 0.3 is 0 Å². The largest absolute Gasteiger partial charge is 0.467 e. The van der Waals surface area contributed by atoms with E-state index in [4.69, 9.17) is 9.68 Å². The van der Waals surface area contributed by atoms with Crippen molar-refractivity contribution in [2.45, 2.75) is 80.7 Å². The number of benzene rings is 1. The molecule has 5 nitrogen and oxygen atoms in total. The maximum Gasteiger partial charge on any atom is 0.132 e. The number of nitrogens with one attached hydrogen (secondary N) is 1. The Hall–Kier alpha value is -3.40. The molecule has 0 saturated carbocycles. The van der Waals surface area contributed by atoms with Crippen LogP contribution in [0.4, 0.5) is 0 Å². The minimum atomic E-state index is 0.330. The smallest absolute Gasteiger partial charge is 0.132 e. The van der Waals surface area contributed by atoms with Crippen molar-refractivity contribution in [2.75, 3.05) is 7.05 Å². The summed E-state index contributed by atoms with van der Waals surface area (Å²) in [6.07, 6.45) is 6.99. The number of allylic oxidation sites excluding steroid dienone is 1. The molecule has 0 radical (unpaired) electrons. The van der Waals surface area contributed by atoms with Gasteiger partial charge in [0, 0.05) is 17.7 Å². The molecule has 3 aromatic rings. The van der Waals surface area contributed by atoms with Crippen LogP contribution in [-0.2, 0) is 17.8 Å². The number of ketones is 1. The number of nitrogens with zero attached hydrogens (tertiary/aromatic N) is 1. The molecule has 0 amide bonds. The molecule has 1 aromatic carbocycles. The third-order valence-corrected chi connectivity index (χ3v) is 7.50. The lowest BCUT2D eigenvalue weighted by Crippen LogP contribution is -2.30. The Kier molecular flexibility index (Phi) is 15.5. The molecule has 2 aromatic heterocycles. The highest BCUT2D eigenvalue weighted by Crippen LogP contribution is 2.15. The van der Waals surface area contributed by atoms with Gasteiger partial charge in [-0.3, -0.25) is 4.79 Å². The summed E-state index contributed by atoms with van der Waals surface area (Å²) in [7, 11) is 1.50. The highest BCUT2D eigenvalue weighted by Gasteiger charge is 2.12. The highest BCUT2D eigenvalue weighted by atomic mass is 32.1. The topological polar surface area (TPSA) is 92.1 Å². The van der Waals surface area contributed by atoms with E-state index >= 15 is 0 Å². The zero-order chi connectivity index (χ0) is 29.4. The van der Waals surface area contributed by atoms with Crippen LogP contribution in [0.3, 0.4) is 0 Å². The van der Waals surface area contributed by atoms with Crippen LogP contribution < -0.4 is 20.8 Å². The van der Waals surface area contributed by atoms with Gasteiger partial charge in [-0.25, -0.2) is 0 Å². The summed E-state index contributed by atoms with van der Waals surface area (Å²) in [6.45, 7) is 15.4. The van der Waals surface area contributed by atoms with Crippen LogP contribution in [0.1, 0.15) is 81.2 Å². The molecule has 0 fully saturated rings. The van der Waals surface area contributed by atoms with Crippen molar-refractivity contribution < 1.29 is 9.21 Å². The molecule has 0 saturated heterocycles. The van der Waals surface area contributed by atoms with Crippen molar-refractivity contribution in [2.24, 2.45) is 5.73 Å². The van der Waals surface area contributed by atoms with Crippen molar-refractivity contribution in [1.82, 2.24) is 5.32 Å². The second-order valence-corrected chi connectivity index (χ2v) is 10.5. The van der Waals surface area contributed by atoms with E-state index in [0.717, 1.165) is 29.9 Å². The SMILES string of the molecule is CCC(=O)CCc1sc(=C(/C=C(C)C)NCc2ccco2)/c(=C(\C)CC)c1C.CN.Cc1ccc(C#N)cc1. The van der Waals surface area contributed by atoms with Crippen molar-refractivity contribution in [3.63, 3.8) is 0 Å². The van der Waals surface area contributed by atoms with Crippen LogP contribution in [0.15, 0.2) is 58.7 Å². The van der Waals surface area contributed by atoms with Crippen LogP contribution in [-0.4, -0.2) is 12.8 Å². The molecule has 210 valence electrons. The van der Waals surface area contributed by atoms with Gasteiger partial charge in [0.1, 0.15) is 11.5 Å². The fourth-order valence-electron chi connectivity index (χ4n) is 3.82. The molecule has 0 atom stereocenters. The van der Waals surface area contributed by atoms with Gasteiger partial charge < -0.3 is 15.5 Å². The Balaban J connectivity index is 0.000000578. The maximum absolute atomic E-state index is 11.9. The number of carbonyl (C=O) groups excluding carboxylic acids is 1. The lowest BCUT2D eigenvalue weighted by atomic mass is 10.1. The Morgan fingerprint density at radius 2 is 1.74 bits per heavy atom. The molecule has 39 heavy (non-hydrogen) atoms. The zero-order valence-electron chi connectivity index (χ0n) is 24.9. The first-order valence-corrected chi connectivity index (χ1v) is 14.3. The van der Waals surface area contributed by atoms with Crippen molar-refractivity contribution in [3.8, 4) is 6.07 Å². The van der Waals surface area contributed by atoms with E-state index in [9.17, 15) is 4.79 Å². The molecule has 0 bridgehead atoms. The minimum absolute atomic E-state index is 0.330. The Morgan fingerprint density at radius 1 is 1.08 bits per heavy atom. The molecule has 6 heteroatoms. The molecule has 0 unspecified atom stereocenters. The Bertz CT molecular complexity index is 1350. The predicted molar refractivity (Wildman–Crippen MR) is 166 cm³/mol. The molecular weight excluding hydrogens is 502 g/mol. The van der Waals surface area contributed by atoms with Crippen LogP contribution in [0, 0.1) is 25.2 Å². The quantitative estimate of drug-likeness (QED) is 0.321. The average molecular weight is 548 g/mol. The van der Waals surface area contributed by atoms with E-state index in [1.807, 2.05) is 61.6 Å². The van der Waals surface area contributed by atoms with Gasteiger partial charge in [0.15, 0.2) is 0 Å². The maximum atomic E-state index is 11.9. The third kappa shape index (κ3) is 11.1. The number of Topliss-reactive ketones (excluding diaryl/α,β-unsaturated/α-hetero) is 1. The van der Waals surface area contributed by atoms with Gasteiger partial charge in [-0.2, -0.15) is 5.26 Å². The van der Waals surface area contributed by atoms with E-state index in [1.165, 1.54) is 43.9 Å². The van der Waals surface area contributed by atoms with Crippen LogP contribution >= 0.6 is 11.3 Å². The number of nitrogens with two attached hydrogens (primary N) is 1. The van der Waals surface area contributed by atoms with Gasteiger partial charge in [0.25, 0.3) is 0 Å². The van der Waals surface area contributed by atoms with Crippen LogP contribution in [0.5, 0.6) is 0 Å². The summed E-state index contributed by atoms with van der Waals surface area (Å²) in [6, 6.07) is 13.4. The molecule has 0 aliphatic heterocycles. The molecule has 0 aliphatic carbocycles. The number of nitriles is 1. The number of carbonyl (C=O) groups is 1. The fourth-order valence-corrected chi connectivity index (χ4v) is 5.19. The number of furan rings is 1. The lowest BCUT2D eigenvalue weighted by molar-refractivity contribution is -0.118. The van der Waals surface area contributed by atoms with Gasteiger partial charge in [-0.15, -0.1) is 11.3 Å². The fraction of sp³-hybridized carbons (Fsp3) is 0.394. The highest BCUT2D eigenvalue weighted by molar-refractivity contribution is 7.10. The second-order valence-electron chi connectivity index (χ2n) is 9.43. The summed E-state index contributed by atoms with van der Waals surface area (Å²) >= 11 is 1.82. The number of aryl methyl sites for hydroxylation is 2. The van der Waals surface area contributed by atoms with Crippen LogP contribution in [0.2, 0.25) is 0 Å². The first-order valence-electron chi connectivity index (χ1n) is 13.5. The molecule has 2 heterocycles. The summed E-state index contributed by atoms with van der Waals surface area (Å²) < 4.78 is 6.76. The van der Waals surface area contributed by atoms with Crippen molar-refractivity contribution in [1.29, 1.82) is 5.26 Å². The number of hydrogen-bond donors (Lipinski definition) is 2. The number of thiophene rings is 1. The third-order valence-electron chi connectivity index (χ3n) is 6.12. The normalized spacial score (nSPS) is 11.6. The monoisotopic (exact) mass is 547 g/mol. The van der Waals surface area contributed by atoms with Gasteiger partial charge in [-0.05, 0) is 95.6 Å². The van der Waals surface area contributed by atoms with Gasteiger partial charge in [-0.1, -0.05) is 42.7 Å². The molecule has 3 N–H and O–H groups in total. The summed E-state index contributed by atoms with van der Waals surface area (Å²) in [5.41, 5.74) is 11.5. The Labute approximate surface area is 238 Å². The summed E-state index contributed by atoms with van der Waals surface area (Å²) in [4.78, 5) is 13.2. The van der Waals surface area contributed by atoms with Gasteiger partial charge in [0.05, 0.1) is 34.7 Å². The van der Waals surface area contributed by atoms with Crippen molar-refractivity contribution >= 4 is 28.4 Å². The lowest BCUT2D eigenvalue weighted by Gasteiger charge is -2.07. The van der Waals surface area contributed by atoms with E-state index in [1.54, 1.807) is 6.26 Å². The molecule has 3 rings (SSSR count). The first kappa shape index (κ1) is 33.6. The van der Waals surface area contributed by atoms with E-state index in [2.05, 4.69) is 57.8 Å². The first-order chi connectivity index (χ1) is 18.7. The van der Waals surface area contributed by atoms with Crippen LogP contribution in [0.25, 0.3) is 11.3 Å². The number of hydrogen-bond acceptors (Lipinski definition) is 6. The van der Waals surface area contributed by atoms with E-state index in [0.29, 0.717) is 25.2 Å². The van der Waals surface area contributed by atoms with E-state index < -0.39 is 0 Å². The average Bonchev–Trinajstić information content (AvgIpc) is 3.58. The Morgan fingerprint density at radius 3 is 2.26 bits per heavy atom. The second kappa shape index (κ2) is 18.0. The molecule has 0 spiro atoms. The van der Waals surface area contributed by atoms with Crippen molar-refractivity contribution in [3.05, 3.63) is 91.4 Å². The summed E-state index contributed by atoms with van der Waals surface area (Å²) in [5.74, 6) is 1.25. The van der Waals surface area contributed by atoms with Gasteiger partial charge in [0.2, 0.25) is 0 Å². The summed E-state index contributed by atoms with van der Waals surface area (Å²) in [5, 5.41) is 13.3. The minimum Gasteiger partial charge on any atom is -0.467 e. The predicted octanol–water partition coefficient (Wildman–Crippen LogP) is 6.45. The molecular formula is C33H45N3O2S. The standard InChI is InChI=1S/C24H33NO2S.C8H7N.CH5N/c1-7-17(5)23-18(6)22(12-11-19(26)8-2)28-24(23)21(14-16(3)4)25-15-20-10-9-13-27-20;1-7-2-4-8(6-9)5-3-7;1-2/h9-10,13-14,25H,7-8,11-12,15H2,1-6H3;2-5H,1H3;2H2,1H3/b23-17+,24-21-;;.